The Hall–Kier alpha value is -3.76. The molecule has 13 heteroatoms. The van der Waals surface area contributed by atoms with Crippen LogP contribution >= 0.6 is 11.3 Å². The lowest BCUT2D eigenvalue weighted by molar-refractivity contribution is -0.140. The summed E-state index contributed by atoms with van der Waals surface area (Å²) in [6.45, 7) is 7.86. The third kappa shape index (κ3) is 5.14. The fourth-order valence-corrected chi connectivity index (χ4v) is 6.11. The van der Waals surface area contributed by atoms with Crippen molar-refractivity contribution in [1.82, 2.24) is 29.9 Å². The number of carbonyl (C=O) groups excluding carboxylic acids is 1. The van der Waals surface area contributed by atoms with Gasteiger partial charge in [-0.15, -0.1) is 11.3 Å². The van der Waals surface area contributed by atoms with Gasteiger partial charge in [-0.1, -0.05) is 6.58 Å². The Morgan fingerprint density at radius 1 is 1.38 bits per heavy atom. The first-order valence-electron chi connectivity index (χ1n) is 12.5. The predicted molar refractivity (Wildman–Crippen MR) is 141 cm³/mol. The monoisotopic (exact) mass is 556 g/mol. The zero-order chi connectivity index (χ0) is 27.8. The van der Waals surface area contributed by atoms with Crippen molar-refractivity contribution in [2.45, 2.75) is 43.9 Å². The van der Waals surface area contributed by atoms with Crippen LogP contribution in [0.15, 0.2) is 53.4 Å². The normalized spacial score (nSPS) is 21.9. The smallest absolute Gasteiger partial charge is 0.346 e. The highest BCUT2D eigenvalue weighted by Gasteiger charge is 2.48. The molecular weight excluding hydrogens is 529 g/mol. The van der Waals surface area contributed by atoms with Crippen LogP contribution in [0.5, 0.6) is 0 Å². The van der Waals surface area contributed by atoms with Crippen LogP contribution in [0.2, 0.25) is 0 Å². The number of aromatic nitrogens is 3. The van der Waals surface area contributed by atoms with Crippen molar-refractivity contribution < 1.29 is 18.0 Å². The van der Waals surface area contributed by atoms with Crippen molar-refractivity contribution in [3.8, 4) is 6.07 Å². The molecule has 0 spiro atoms. The Kier molecular flexibility index (Phi) is 7.17. The molecule has 2 saturated heterocycles. The van der Waals surface area contributed by atoms with Gasteiger partial charge in [0, 0.05) is 67.3 Å². The second-order valence-corrected chi connectivity index (χ2v) is 10.7. The predicted octanol–water partition coefficient (Wildman–Crippen LogP) is 4.02. The van der Waals surface area contributed by atoms with Gasteiger partial charge in [0.05, 0.1) is 18.7 Å². The summed E-state index contributed by atoms with van der Waals surface area (Å²) in [6, 6.07) is 2.53. The molecule has 39 heavy (non-hydrogen) atoms. The number of amidine groups is 1. The average Bonchev–Trinajstić information content (AvgIpc) is 3.66. The van der Waals surface area contributed by atoms with E-state index in [9.17, 15) is 23.2 Å². The summed E-state index contributed by atoms with van der Waals surface area (Å²) in [4.78, 5) is 24.3. The van der Waals surface area contributed by atoms with E-state index in [1.54, 1.807) is 11.1 Å². The molecule has 0 saturated carbocycles. The maximum absolute atomic E-state index is 12.9. The minimum atomic E-state index is -4.56. The molecule has 5 rings (SSSR count). The number of hydrogen-bond acceptors (Lipinski definition) is 7. The van der Waals surface area contributed by atoms with Crippen molar-refractivity contribution in [3.63, 3.8) is 0 Å². The number of allylic oxidation sites excluding steroid dienone is 1. The highest BCUT2D eigenvalue weighted by atomic mass is 32.1. The molecule has 9 nitrogen and oxygen atoms in total. The SMILES string of the molecule is C=C/N=C1/NC=C/C1=C(/C)c1cnn(C2(CC#N)CN(C3CCN(C(=O)c4nc(C(F)(F)F)cs4)CC3)C2)c1. The number of nitrogens with one attached hydrogen (secondary N) is 1. The number of alkyl halides is 3. The molecular formula is C26H27F3N8OS. The Bertz CT molecular complexity index is 1400. The zero-order valence-electron chi connectivity index (χ0n) is 21.3. The van der Waals surface area contributed by atoms with Gasteiger partial charge in [0.2, 0.25) is 0 Å². The van der Waals surface area contributed by atoms with Gasteiger partial charge in [-0.05, 0) is 31.4 Å². The summed E-state index contributed by atoms with van der Waals surface area (Å²) in [5.74, 6) is 0.260. The number of nitrogens with zero attached hydrogens (tertiary/aromatic N) is 7. The minimum absolute atomic E-state index is 0.135. The standard InChI is InChI=1S/C26H27F3N8OS/c1-3-31-22-20(4-9-32-22)17(2)18-12-33-37(13-18)25(7-8-30)15-36(16-25)19-5-10-35(11-6-19)24(38)23-34-21(14-39-23)26(27,28)29/h3-4,9,12-14,19H,1,5-7,10-11,15-16H2,2H3,(H,31,32)/b20-17+. The fourth-order valence-electron chi connectivity index (χ4n) is 5.32. The van der Waals surface area contributed by atoms with E-state index in [4.69, 9.17) is 0 Å². The maximum atomic E-state index is 12.9. The number of likely N-dealkylation sites (tertiary alicyclic amines) is 2. The van der Waals surface area contributed by atoms with Gasteiger partial charge >= 0.3 is 6.18 Å². The van der Waals surface area contributed by atoms with E-state index < -0.39 is 23.3 Å². The summed E-state index contributed by atoms with van der Waals surface area (Å²) >= 11 is 0.724. The Morgan fingerprint density at radius 2 is 2.13 bits per heavy atom. The third-order valence-corrected chi connectivity index (χ3v) is 8.33. The Balaban J connectivity index is 1.22. The van der Waals surface area contributed by atoms with E-state index in [-0.39, 0.29) is 11.0 Å². The number of piperidine rings is 1. The molecule has 0 radical (unpaired) electrons. The van der Waals surface area contributed by atoms with Crippen LogP contribution in [0.25, 0.3) is 5.57 Å². The van der Waals surface area contributed by atoms with E-state index in [2.05, 4.69) is 37.9 Å². The van der Waals surface area contributed by atoms with Crippen molar-refractivity contribution in [3.05, 3.63) is 64.7 Å². The van der Waals surface area contributed by atoms with Crippen LogP contribution < -0.4 is 5.32 Å². The number of thiazole rings is 1. The van der Waals surface area contributed by atoms with Gasteiger partial charge in [0.15, 0.2) is 10.7 Å². The largest absolute Gasteiger partial charge is 0.434 e. The van der Waals surface area contributed by atoms with Gasteiger partial charge in [-0.3, -0.25) is 14.4 Å². The molecule has 2 aromatic rings. The molecule has 3 aliphatic heterocycles. The fraction of sp³-hybridized carbons (Fsp3) is 0.423. The van der Waals surface area contributed by atoms with Crippen LogP contribution in [0.3, 0.4) is 0 Å². The van der Waals surface area contributed by atoms with Crippen molar-refractivity contribution in [2.75, 3.05) is 26.2 Å². The first-order valence-corrected chi connectivity index (χ1v) is 13.3. The number of carbonyl (C=O) groups is 1. The van der Waals surface area contributed by atoms with E-state index in [0.29, 0.717) is 45.4 Å². The quantitative estimate of drug-likeness (QED) is 0.577. The highest BCUT2D eigenvalue weighted by Crippen LogP contribution is 2.37. The van der Waals surface area contributed by atoms with Gasteiger partial charge in [-0.2, -0.15) is 23.5 Å². The minimum Gasteiger partial charge on any atom is -0.346 e. The van der Waals surface area contributed by atoms with Gasteiger partial charge in [0.25, 0.3) is 5.91 Å². The molecule has 0 atom stereocenters. The summed E-state index contributed by atoms with van der Waals surface area (Å²) in [6.07, 6.45) is 6.18. The molecule has 1 N–H and O–H groups in total. The number of amides is 1. The molecule has 2 aromatic heterocycles. The molecule has 204 valence electrons. The molecule has 0 aromatic carbocycles. The van der Waals surface area contributed by atoms with Crippen molar-refractivity contribution >= 4 is 28.7 Å². The van der Waals surface area contributed by atoms with Gasteiger partial charge in [-0.25, -0.2) is 9.98 Å². The molecule has 2 fully saturated rings. The van der Waals surface area contributed by atoms with E-state index in [1.807, 2.05) is 30.1 Å². The van der Waals surface area contributed by atoms with E-state index >= 15 is 0 Å². The number of aliphatic imine (C=N–C) groups is 1. The maximum Gasteiger partial charge on any atom is 0.434 e. The summed E-state index contributed by atoms with van der Waals surface area (Å²) in [5.41, 5.74) is 1.42. The summed E-state index contributed by atoms with van der Waals surface area (Å²) in [7, 11) is 0. The molecule has 0 unspecified atom stereocenters. The zero-order valence-corrected chi connectivity index (χ0v) is 22.1. The number of hydrogen-bond donors (Lipinski definition) is 1. The van der Waals surface area contributed by atoms with Crippen molar-refractivity contribution in [1.29, 1.82) is 5.26 Å². The molecule has 3 aliphatic rings. The van der Waals surface area contributed by atoms with E-state index in [0.717, 1.165) is 39.3 Å². The number of rotatable bonds is 6. The van der Waals surface area contributed by atoms with Crippen LogP contribution in [0.1, 0.15) is 47.2 Å². The third-order valence-electron chi connectivity index (χ3n) is 7.50. The van der Waals surface area contributed by atoms with Crippen LogP contribution in [-0.2, 0) is 11.7 Å². The lowest BCUT2D eigenvalue weighted by Crippen LogP contribution is -2.66. The van der Waals surface area contributed by atoms with Crippen molar-refractivity contribution in [2.24, 2.45) is 4.99 Å². The number of halogens is 3. The van der Waals surface area contributed by atoms with Crippen LogP contribution in [0, 0.1) is 11.3 Å². The first-order chi connectivity index (χ1) is 18.6. The molecule has 0 bridgehead atoms. The van der Waals surface area contributed by atoms with E-state index in [1.165, 1.54) is 6.20 Å². The highest BCUT2D eigenvalue weighted by molar-refractivity contribution is 7.11. The Morgan fingerprint density at radius 3 is 2.77 bits per heavy atom. The second-order valence-electron chi connectivity index (χ2n) is 9.87. The summed E-state index contributed by atoms with van der Waals surface area (Å²) < 4.78 is 40.5. The lowest BCUT2D eigenvalue weighted by Gasteiger charge is -2.53. The topological polar surface area (TPSA) is 102 Å². The van der Waals surface area contributed by atoms with Gasteiger partial charge < -0.3 is 10.2 Å². The average molecular weight is 557 g/mol. The van der Waals surface area contributed by atoms with Gasteiger partial charge in [0.1, 0.15) is 11.4 Å². The lowest BCUT2D eigenvalue weighted by atomic mass is 9.83. The number of nitriles is 1. The summed E-state index contributed by atoms with van der Waals surface area (Å²) in [5, 5.41) is 18.0. The van der Waals surface area contributed by atoms with Crippen LogP contribution in [0.4, 0.5) is 13.2 Å². The second kappa shape index (κ2) is 10.4. The molecule has 0 aliphatic carbocycles. The molecule has 1 amide bonds. The van der Waals surface area contributed by atoms with Crippen LogP contribution in [-0.4, -0.2) is 68.5 Å². The Labute approximate surface area is 227 Å². The molecule has 5 heterocycles. The first kappa shape index (κ1) is 26.8.